The largest absolute Gasteiger partial charge is 0.482 e. The van der Waals surface area contributed by atoms with Crippen molar-refractivity contribution in [3.63, 3.8) is 0 Å². The van der Waals surface area contributed by atoms with Crippen LogP contribution in [0.15, 0.2) is 42.6 Å². The lowest BCUT2D eigenvalue weighted by molar-refractivity contribution is -0.128. The van der Waals surface area contributed by atoms with Crippen molar-refractivity contribution in [3.05, 3.63) is 42.6 Å². The van der Waals surface area contributed by atoms with Gasteiger partial charge >= 0.3 is 0 Å². The number of nitrogens with zero attached hydrogens (tertiary/aromatic N) is 2. The molecule has 1 amide bonds. The highest BCUT2D eigenvalue weighted by Crippen LogP contribution is 2.33. The van der Waals surface area contributed by atoms with Gasteiger partial charge in [-0.1, -0.05) is 12.1 Å². The minimum atomic E-state index is -0.701. The Morgan fingerprint density at radius 2 is 1.84 bits per heavy atom. The first-order valence-electron chi connectivity index (χ1n) is 8.65. The summed E-state index contributed by atoms with van der Waals surface area (Å²) in [6.07, 6.45) is 3.03. The van der Waals surface area contributed by atoms with Crippen molar-refractivity contribution < 1.29 is 14.3 Å². The van der Waals surface area contributed by atoms with Crippen LogP contribution in [0.2, 0.25) is 0 Å². The molecule has 3 heterocycles. The Hall–Kier alpha value is -2.76. The number of para-hydroxylation sites is 2. The van der Waals surface area contributed by atoms with Gasteiger partial charge in [-0.05, 0) is 44.0 Å². The van der Waals surface area contributed by atoms with Crippen LogP contribution in [0.4, 0.5) is 11.5 Å². The molecule has 1 N–H and O–H groups in total. The molecule has 25 heavy (non-hydrogen) atoms. The summed E-state index contributed by atoms with van der Waals surface area (Å²) in [6.45, 7) is 3.92. The van der Waals surface area contributed by atoms with Gasteiger partial charge in [0.25, 0.3) is 5.91 Å². The van der Waals surface area contributed by atoms with Crippen LogP contribution in [0, 0.1) is 0 Å². The lowest BCUT2D eigenvalue weighted by Gasteiger charge is -2.31. The third-order valence-corrected chi connectivity index (χ3v) is 4.55. The molecule has 0 saturated carbocycles. The lowest BCUT2D eigenvalue weighted by Crippen LogP contribution is -2.46. The maximum absolute atomic E-state index is 12.6. The van der Waals surface area contributed by atoms with E-state index in [1.807, 2.05) is 37.3 Å². The van der Waals surface area contributed by atoms with E-state index in [1.54, 1.807) is 12.3 Å². The molecule has 2 aromatic rings. The van der Waals surface area contributed by atoms with Gasteiger partial charge in [0, 0.05) is 13.1 Å². The van der Waals surface area contributed by atoms with Crippen molar-refractivity contribution in [1.82, 2.24) is 4.98 Å². The molecule has 0 unspecified atom stereocenters. The fraction of sp³-hybridized carbons (Fsp3) is 0.368. The zero-order valence-corrected chi connectivity index (χ0v) is 14.1. The van der Waals surface area contributed by atoms with E-state index < -0.39 is 6.10 Å². The van der Waals surface area contributed by atoms with E-state index in [0.717, 1.165) is 18.9 Å². The highest BCUT2D eigenvalue weighted by atomic mass is 16.6. The molecular weight excluding hydrogens is 318 g/mol. The minimum absolute atomic E-state index is 0.238. The molecule has 1 fully saturated rings. The van der Waals surface area contributed by atoms with Crippen molar-refractivity contribution >= 4 is 17.4 Å². The number of fused-ring (bicyclic) bond motifs is 1. The molecule has 1 aromatic heterocycles. The van der Waals surface area contributed by atoms with Crippen LogP contribution in [0.1, 0.15) is 19.8 Å². The average molecular weight is 339 g/mol. The van der Waals surface area contributed by atoms with Crippen molar-refractivity contribution in [2.75, 3.05) is 23.3 Å². The maximum atomic E-state index is 12.6. The van der Waals surface area contributed by atoms with Gasteiger partial charge in [0.1, 0.15) is 11.9 Å². The van der Waals surface area contributed by atoms with E-state index in [0.29, 0.717) is 17.2 Å². The van der Waals surface area contributed by atoms with Crippen molar-refractivity contribution in [2.45, 2.75) is 32.0 Å². The Balaban J connectivity index is 1.43. The monoisotopic (exact) mass is 339 g/mol. The van der Waals surface area contributed by atoms with E-state index in [9.17, 15) is 4.79 Å². The van der Waals surface area contributed by atoms with Crippen LogP contribution in [0.25, 0.3) is 0 Å². The van der Waals surface area contributed by atoms with Gasteiger partial charge in [0.15, 0.2) is 11.5 Å². The van der Waals surface area contributed by atoms with E-state index in [2.05, 4.69) is 15.2 Å². The third kappa shape index (κ3) is 3.24. The number of hydrogen-bond acceptors (Lipinski definition) is 5. The number of rotatable bonds is 3. The summed E-state index contributed by atoms with van der Waals surface area (Å²) in [5, 5.41) is 2.87. The first-order valence-corrected chi connectivity index (χ1v) is 8.65. The quantitative estimate of drug-likeness (QED) is 0.932. The molecule has 0 spiro atoms. The summed E-state index contributed by atoms with van der Waals surface area (Å²) in [5.74, 6) is 1.96. The lowest BCUT2D eigenvalue weighted by atomic mass is 10.1. The molecule has 1 saturated heterocycles. The number of anilines is 2. The third-order valence-electron chi connectivity index (χ3n) is 4.55. The van der Waals surface area contributed by atoms with Gasteiger partial charge in [-0.25, -0.2) is 4.98 Å². The number of pyridine rings is 1. The zero-order chi connectivity index (χ0) is 17.2. The first-order chi connectivity index (χ1) is 12.2. The van der Waals surface area contributed by atoms with Gasteiger partial charge < -0.3 is 19.7 Å². The van der Waals surface area contributed by atoms with Gasteiger partial charge in [-0.3, -0.25) is 4.79 Å². The molecule has 1 aromatic carbocycles. The molecule has 2 atom stereocenters. The van der Waals surface area contributed by atoms with Crippen LogP contribution in [-0.4, -0.2) is 36.2 Å². The summed E-state index contributed by atoms with van der Waals surface area (Å²) in [7, 11) is 0. The topological polar surface area (TPSA) is 63.7 Å². The Kier molecular flexibility index (Phi) is 4.17. The van der Waals surface area contributed by atoms with Crippen LogP contribution in [0.3, 0.4) is 0 Å². The number of aromatic nitrogens is 1. The van der Waals surface area contributed by atoms with Crippen LogP contribution in [0.5, 0.6) is 11.5 Å². The number of amides is 1. The van der Waals surface area contributed by atoms with Crippen molar-refractivity contribution in [1.29, 1.82) is 0 Å². The highest BCUT2D eigenvalue weighted by Gasteiger charge is 2.34. The summed E-state index contributed by atoms with van der Waals surface area (Å²) >= 11 is 0. The molecule has 0 radical (unpaired) electrons. The molecular formula is C19H21N3O3. The summed E-state index contributed by atoms with van der Waals surface area (Å²) in [6, 6.07) is 11.2. The average Bonchev–Trinajstić information content (AvgIpc) is 3.16. The molecule has 2 aliphatic heterocycles. The van der Waals surface area contributed by atoms with Gasteiger partial charge in [0.05, 0.1) is 11.9 Å². The van der Waals surface area contributed by atoms with E-state index in [-0.39, 0.29) is 12.0 Å². The second-order valence-corrected chi connectivity index (χ2v) is 6.40. The van der Waals surface area contributed by atoms with Crippen molar-refractivity contribution in [3.8, 4) is 11.5 Å². The second-order valence-electron chi connectivity index (χ2n) is 6.40. The van der Waals surface area contributed by atoms with E-state index in [4.69, 9.17) is 9.47 Å². The second kappa shape index (κ2) is 6.63. The van der Waals surface area contributed by atoms with Crippen molar-refractivity contribution in [2.24, 2.45) is 0 Å². The minimum Gasteiger partial charge on any atom is -0.482 e. The standard InChI is InChI=1S/C19H21N3O3/c1-13-18(25-16-7-3-2-6-15(16)24-13)19(23)21-14-8-9-17(20-12-14)22-10-4-5-11-22/h2-3,6-9,12-13,18H,4-5,10-11H2,1H3,(H,21,23)/t13-,18+/m0/s1. The number of nitrogens with one attached hydrogen (secondary N) is 1. The summed E-state index contributed by atoms with van der Waals surface area (Å²) in [4.78, 5) is 19.3. The maximum Gasteiger partial charge on any atom is 0.269 e. The summed E-state index contributed by atoms with van der Waals surface area (Å²) in [5.41, 5.74) is 0.655. The molecule has 6 nitrogen and oxygen atoms in total. The fourth-order valence-corrected chi connectivity index (χ4v) is 3.21. The van der Waals surface area contributed by atoms with Gasteiger partial charge in [0.2, 0.25) is 6.10 Å². The first kappa shape index (κ1) is 15.7. The Morgan fingerprint density at radius 1 is 1.12 bits per heavy atom. The predicted molar refractivity (Wildman–Crippen MR) is 95.3 cm³/mol. The number of carbonyl (C=O) groups excluding carboxylic acids is 1. The SMILES string of the molecule is C[C@@H]1Oc2ccccc2O[C@H]1C(=O)Nc1ccc(N2CCCC2)nc1. The predicted octanol–water partition coefficient (Wildman–Crippen LogP) is 2.85. The molecule has 0 bridgehead atoms. The number of benzene rings is 1. The number of hydrogen-bond donors (Lipinski definition) is 1. The molecule has 6 heteroatoms. The number of ether oxygens (including phenoxy) is 2. The smallest absolute Gasteiger partial charge is 0.269 e. The Labute approximate surface area is 146 Å². The normalized spacial score (nSPS) is 21.9. The highest BCUT2D eigenvalue weighted by molar-refractivity contribution is 5.95. The fourth-order valence-electron chi connectivity index (χ4n) is 3.21. The molecule has 130 valence electrons. The Bertz CT molecular complexity index is 757. The van der Waals surface area contributed by atoms with Crippen LogP contribution >= 0.6 is 0 Å². The van der Waals surface area contributed by atoms with Gasteiger partial charge in [-0.15, -0.1) is 0 Å². The molecule has 4 rings (SSSR count). The zero-order valence-electron chi connectivity index (χ0n) is 14.1. The van der Waals surface area contributed by atoms with Crippen LogP contribution in [-0.2, 0) is 4.79 Å². The van der Waals surface area contributed by atoms with E-state index in [1.165, 1.54) is 12.8 Å². The van der Waals surface area contributed by atoms with Crippen LogP contribution < -0.4 is 19.7 Å². The molecule has 0 aliphatic carbocycles. The Morgan fingerprint density at radius 3 is 2.52 bits per heavy atom. The number of carbonyl (C=O) groups is 1. The van der Waals surface area contributed by atoms with E-state index >= 15 is 0 Å². The van der Waals surface area contributed by atoms with Gasteiger partial charge in [-0.2, -0.15) is 0 Å². The molecule has 2 aliphatic rings. The summed E-state index contributed by atoms with van der Waals surface area (Å²) < 4.78 is 11.6.